The first-order chi connectivity index (χ1) is 9.24. The van der Waals surface area contributed by atoms with E-state index in [2.05, 4.69) is 62.9 Å². The molecule has 2 aromatic carbocycles. The average molecular weight is 252 g/mol. The lowest BCUT2D eigenvalue weighted by Crippen LogP contribution is -2.25. The molecular weight excluding hydrogens is 228 g/mol. The second-order valence-electron chi connectivity index (χ2n) is 4.30. The summed E-state index contributed by atoms with van der Waals surface area (Å²) in [6.45, 7) is 12.5. The van der Waals surface area contributed by atoms with Gasteiger partial charge in [0.25, 0.3) is 0 Å². The molecule has 0 nitrogen and oxygen atoms in total. The highest BCUT2D eigenvalue weighted by Crippen LogP contribution is 2.18. The molecule has 0 unspecified atom stereocenters. The minimum atomic E-state index is 1.03. The van der Waals surface area contributed by atoms with Crippen molar-refractivity contribution < 1.29 is 0 Å². The standard InChI is InChI=1S/C17H18.C2H6/c1-4-15(16-11-7-5-9-13(16)2)17-12-8-6-10-14(17)3;1-2/h5-12H,2,4H2,1,3H3;1-2H3/b16-15-;. The van der Waals surface area contributed by atoms with E-state index in [-0.39, 0.29) is 0 Å². The van der Waals surface area contributed by atoms with E-state index in [4.69, 9.17) is 0 Å². The molecule has 0 heterocycles. The predicted molar refractivity (Wildman–Crippen MR) is 86.5 cm³/mol. The van der Waals surface area contributed by atoms with Gasteiger partial charge < -0.3 is 0 Å². The van der Waals surface area contributed by atoms with Crippen LogP contribution >= 0.6 is 0 Å². The fraction of sp³-hybridized carbons (Fsp3) is 0.263. The number of benzene rings is 2. The van der Waals surface area contributed by atoms with Gasteiger partial charge in [0.05, 0.1) is 0 Å². The molecule has 0 aliphatic rings. The van der Waals surface area contributed by atoms with Crippen molar-refractivity contribution in [1.29, 1.82) is 0 Å². The maximum Gasteiger partial charge on any atom is -0.0152 e. The van der Waals surface area contributed by atoms with Gasteiger partial charge in [0.15, 0.2) is 0 Å². The van der Waals surface area contributed by atoms with E-state index in [1.807, 2.05) is 19.9 Å². The maximum atomic E-state index is 4.12. The molecule has 2 rings (SSSR count). The number of hydrogen-bond acceptors (Lipinski definition) is 0. The van der Waals surface area contributed by atoms with Crippen molar-refractivity contribution in [2.75, 3.05) is 0 Å². The zero-order valence-corrected chi connectivity index (χ0v) is 12.5. The zero-order chi connectivity index (χ0) is 14.3. The molecule has 0 radical (unpaired) electrons. The monoisotopic (exact) mass is 252 g/mol. The van der Waals surface area contributed by atoms with Crippen LogP contribution in [0.2, 0.25) is 0 Å². The average Bonchev–Trinajstić information content (AvgIpc) is 2.46. The highest BCUT2D eigenvalue weighted by molar-refractivity contribution is 5.67. The first-order valence-electron chi connectivity index (χ1n) is 7.07. The molecule has 0 amide bonds. The largest absolute Gasteiger partial charge is 0.0911 e. The first-order valence-corrected chi connectivity index (χ1v) is 7.07. The summed E-state index contributed by atoms with van der Waals surface area (Å²) in [5, 5.41) is 2.37. The van der Waals surface area contributed by atoms with Gasteiger partial charge in [-0.2, -0.15) is 0 Å². The van der Waals surface area contributed by atoms with Crippen LogP contribution < -0.4 is 10.4 Å². The predicted octanol–water partition coefficient (Wildman–Crippen LogP) is 4.04. The first kappa shape index (κ1) is 15.2. The summed E-state index contributed by atoms with van der Waals surface area (Å²) in [7, 11) is 0. The van der Waals surface area contributed by atoms with Gasteiger partial charge in [0, 0.05) is 0 Å². The molecule has 0 spiro atoms. The Morgan fingerprint density at radius 3 is 2.11 bits per heavy atom. The van der Waals surface area contributed by atoms with Crippen molar-refractivity contribution in [1.82, 2.24) is 0 Å². The topological polar surface area (TPSA) is 0 Å². The third kappa shape index (κ3) is 3.57. The molecule has 0 atom stereocenters. The van der Waals surface area contributed by atoms with Crippen LogP contribution in [0.5, 0.6) is 0 Å². The summed E-state index contributed by atoms with van der Waals surface area (Å²) in [6.07, 6.45) is 1.03. The molecule has 0 bridgehead atoms. The van der Waals surface area contributed by atoms with E-state index in [0.717, 1.165) is 11.6 Å². The fourth-order valence-corrected chi connectivity index (χ4v) is 2.25. The summed E-state index contributed by atoms with van der Waals surface area (Å²) in [6, 6.07) is 16.9. The van der Waals surface area contributed by atoms with Crippen molar-refractivity contribution in [3.8, 4) is 0 Å². The quantitative estimate of drug-likeness (QED) is 0.756. The summed E-state index contributed by atoms with van der Waals surface area (Å²) in [4.78, 5) is 0. The molecular formula is C19H24. The molecule has 0 saturated heterocycles. The molecule has 0 N–H and O–H groups in total. The minimum Gasteiger partial charge on any atom is -0.0911 e. The smallest absolute Gasteiger partial charge is 0.0152 e. The molecule has 0 heteroatoms. The van der Waals surface area contributed by atoms with Crippen LogP contribution in [0.3, 0.4) is 0 Å². The van der Waals surface area contributed by atoms with Crippen LogP contribution in [0.1, 0.15) is 38.3 Å². The van der Waals surface area contributed by atoms with Crippen molar-refractivity contribution in [3.63, 3.8) is 0 Å². The summed E-state index contributed by atoms with van der Waals surface area (Å²) in [5.74, 6) is 0. The summed E-state index contributed by atoms with van der Waals surface area (Å²) >= 11 is 0. The molecule has 100 valence electrons. The normalized spacial score (nSPS) is 11.4. The van der Waals surface area contributed by atoms with Crippen LogP contribution in [-0.4, -0.2) is 0 Å². The van der Waals surface area contributed by atoms with Gasteiger partial charge in [-0.3, -0.25) is 0 Å². The zero-order valence-electron chi connectivity index (χ0n) is 12.5. The molecule has 0 fully saturated rings. The van der Waals surface area contributed by atoms with E-state index in [1.165, 1.54) is 21.9 Å². The Labute approximate surface area is 117 Å². The Hall–Kier alpha value is -1.82. The van der Waals surface area contributed by atoms with E-state index >= 15 is 0 Å². The minimum absolute atomic E-state index is 1.03. The van der Waals surface area contributed by atoms with Crippen LogP contribution in [0.15, 0.2) is 48.5 Å². The van der Waals surface area contributed by atoms with Crippen LogP contribution in [0, 0.1) is 6.92 Å². The Bertz CT molecular complexity index is 620. The Balaban J connectivity index is 0.000000861. The van der Waals surface area contributed by atoms with Gasteiger partial charge in [0.1, 0.15) is 0 Å². The molecule has 0 aliphatic carbocycles. The molecule has 0 saturated carbocycles. The van der Waals surface area contributed by atoms with Crippen molar-refractivity contribution in [3.05, 3.63) is 70.1 Å². The van der Waals surface area contributed by atoms with Gasteiger partial charge in [-0.15, -0.1) is 0 Å². The van der Waals surface area contributed by atoms with Gasteiger partial charge in [-0.25, -0.2) is 0 Å². The Kier molecular flexibility index (Phi) is 6.08. The van der Waals surface area contributed by atoms with E-state index in [1.54, 1.807) is 0 Å². The summed E-state index contributed by atoms with van der Waals surface area (Å²) in [5.41, 5.74) is 4.05. The van der Waals surface area contributed by atoms with E-state index in [9.17, 15) is 0 Å². The highest BCUT2D eigenvalue weighted by atomic mass is 14.1. The van der Waals surface area contributed by atoms with Gasteiger partial charge in [0.2, 0.25) is 0 Å². The molecule has 0 aromatic heterocycles. The van der Waals surface area contributed by atoms with Crippen molar-refractivity contribution in [2.45, 2.75) is 34.1 Å². The lowest BCUT2D eigenvalue weighted by atomic mass is 9.96. The number of rotatable bonds is 2. The van der Waals surface area contributed by atoms with Crippen LogP contribution in [0.25, 0.3) is 12.2 Å². The Morgan fingerprint density at radius 1 is 0.947 bits per heavy atom. The molecule has 2 aromatic rings. The van der Waals surface area contributed by atoms with Crippen LogP contribution in [-0.2, 0) is 0 Å². The fourth-order valence-electron chi connectivity index (χ4n) is 2.25. The van der Waals surface area contributed by atoms with Crippen molar-refractivity contribution in [2.24, 2.45) is 0 Å². The molecule has 19 heavy (non-hydrogen) atoms. The van der Waals surface area contributed by atoms with Gasteiger partial charge >= 0.3 is 0 Å². The van der Waals surface area contributed by atoms with E-state index < -0.39 is 0 Å². The van der Waals surface area contributed by atoms with E-state index in [0.29, 0.717) is 0 Å². The lowest BCUT2D eigenvalue weighted by molar-refractivity contribution is 1.20. The van der Waals surface area contributed by atoms with Crippen molar-refractivity contribution >= 4 is 12.2 Å². The second kappa shape index (κ2) is 7.58. The van der Waals surface area contributed by atoms with Crippen LogP contribution in [0.4, 0.5) is 0 Å². The summed E-state index contributed by atoms with van der Waals surface area (Å²) < 4.78 is 0. The maximum absolute atomic E-state index is 4.12. The SMILES string of the molecule is C=c1cccc/c1=C(\CC)c1ccccc1C.CC. The number of aryl methyl sites for hydroxylation is 1. The van der Waals surface area contributed by atoms with Gasteiger partial charge in [-0.05, 0) is 40.5 Å². The van der Waals surface area contributed by atoms with Gasteiger partial charge in [-0.1, -0.05) is 75.9 Å². The molecule has 0 aliphatic heterocycles. The lowest BCUT2D eigenvalue weighted by Gasteiger charge is -2.09. The third-order valence-electron chi connectivity index (χ3n) is 3.17. The number of hydrogen-bond donors (Lipinski definition) is 0. The highest BCUT2D eigenvalue weighted by Gasteiger charge is 2.03. The second-order valence-corrected chi connectivity index (χ2v) is 4.30. The Morgan fingerprint density at radius 2 is 1.53 bits per heavy atom. The third-order valence-corrected chi connectivity index (χ3v) is 3.17.